The van der Waals surface area contributed by atoms with Crippen LogP contribution in [0, 0.1) is 0 Å². The maximum absolute atomic E-state index is 5.94. The van der Waals surface area contributed by atoms with Gasteiger partial charge >= 0.3 is 7.12 Å². The minimum Gasteiger partial charge on any atom is -0.399 e. The van der Waals surface area contributed by atoms with Gasteiger partial charge in [0, 0.05) is 11.7 Å². The molecule has 2 heterocycles. The Bertz CT molecular complexity index is 435. The molecule has 1 aliphatic heterocycles. The number of halogens is 1. The second kappa shape index (κ2) is 3.87. The smallest absolute Gasteiger partial charge is 0.399 e. The van der Waals surface area contributed by atoms with Crippen LogP contribution in [0.2, 0.25) is 5.02 Å². The van der Waals surface area contributed by atoms with Gasteiger partial charge in [-0.1, -0.05) is 11.6 Å². The lowest BCUT2D eigenvalue weighted by Crippen LogP contribution is -2.41. The summed E-state index contributed by atoms with van der Waals surface area (Å²) in [6.45, 7) is 8.00. The average molecular weight is 255 g/mol. The number of nitrogens with two attached hydrogens (primary N) is 1. The molecule has 6 heteroatoms. The van der Waals surface area contributed by atoms with E-state index in [1.165, 1.54) is 0 Å². The first kappa shape index (κ1) is 12.7. The number of anilines is 1. The van der Waals surface area contributed by atoms with Crippen LogP contribution in [-0.2, 0) is 9.31 Å². The quantitative estimate of drug-likeness (QED) is 0.774. The molecule has 0 radical (unpaired) electrons. The molecule has 0 atom stereocenters. The molecule has 1 aromatic rings. The first-order valence-electron chi connectivity index (χ1n) is 5.49. The van der Waals surface area contributed by atoms with E-state index in [1.807, 2.05) is 27.7 Å². The third-order valence-corrected chi connectivity index (χ3v) is 3.72. The summed E-state index contributed by atoms with van der Waals surface area (Å²) in [5, 5.41) is 0.414. The number of nitrogens with zero attached hydrogens (tertiary/aromatic N) is 1. The van der Waals surface area contributed by atoms with Crippen LogP contribution in [0.15, 0.2) is 12.3 Å². The van der Waals surface area contributed by atoms with Crippen LogP contribution in [-0.4, -0.2) is 23.3 Å². The van der Waals surface area contributed by atoms with Crippen LogP contribution in [0.4, 0.5) is 5.82 Å². The summed E-state index contributed by atoms with van der Waals surface area (Å²) in [7, 11) is -0.453. The molecule has 0 aromatic carbocycles. The van der Waals surface area contributed by atoms with Crippen LogP contribution in [0.1, 0.15) is 27.7 Å². The molecule has 2 rings (SSSR count). The van der Waals surface area contributed by atoms with Crippen molar-refractivity contribution in [2.75, 3.05) is 5.73 Å². The fourth-order valence-corrected chi connectivity index (χ4v) is 1.75. The van der Waals surface area contributed by atoms with Crippen molar-refractivity contribution >= 4 is 30.0 Å². The van der Waals surface area contributed by atoms with Crippen molar-refractivity contribution in [3.8, 4) is 0 Å². The first-order chi connectivity index (χ1) is 7.73. The average Bonchev–Trinajstić information content (AvgIpc) is 2.41. The van der Waals surface area contributed by atoms with Gasteiger partial charge in [0.05, 0.1) is 16.2 Å². The standard InChI is InChI=1S/C11H16BClN2O2/c1-10(2)11(3,4)17-12(16-10)7-5-8(13)9(14)15-6-7/h5-6H,1-4H3,(H2,14,15). The number of pyridine rings is 1. The van der Waals surface area contributed by atoms with Gasteiger partial charge < -0.3 is 15.0 Å². The Kier molecular flexibility index (Phi) is 2.88. The second-order valence-electron chi connectivity index (χ2n) is 5.22. The molecule has 17 heavy (non-hydrogen) atoms. The Labute approximate surface area is 107 Å². The van der Waals surface area contributed by atoms with E-state index < -0.39 is 7.12 Å². The molecule has 0 amide bonds. The molecule has 0 unspecified atom stereocenters. The minimum atomic E-state index is -0.453. The maximum Gasteiger partial charge on any atom is 0.496 e. The molecular formula is C11H16BClN2O2. The lowest BCUT2D eigenvalue weighted by molar-refractivity contribution is 0.00578. The molecule has 1 fully saturated rings. The number of nitrogen functional groups attached to an aromatic ring is 1. The summed E-state index contributed by atoms with van der Waals surface area (Å²) < 4.78 is 11.8. The van der Waals surface area contributed by atoms with Crippen LogP contribution < -0.4 is 11.2 Å². The van der Waals surface area contributed by atoms with Crippen molar-refractivity contribution in [3.63, 3.8) is 0 Å². The first-order valence-corrected chi connectivity index (χ1v) is 5.87. The fourth-order valence-electron chi connectivity index (χ4n) is 1.57. The lowest BCUT2D eigenvalue weighted by atomic mass is 9.80. The summed E-state index contributed by atoms with van der Waals surface area (Å²) in [6.07, 6.45) is 1.63. The van der Waals surface area contributed by atoms with Crippen LogP contribution >= 0.6 is 11.6 Å². The largest absolute Gasteiger partial charge is 0.496 e. The summed E-state index contributed by atoms with van der Waals surface area (Å²) in [4.78, 5) is 4.00. The molecule has 2 N–H and O–H groups in total. The molecule has 4 nitrogen and oxygen atoms in total. The zero-order valence-corrected chi connectivity index (χ0v) is 11.2. The molecule has 0 aliphatic carbocycles. The Balaban J connectivity index is 2.29. The molecular weight excluding hydrogens is 238 g/mol. The van der Waals surface area contributed by atoms with E-state index in [0.717, 1.165) is 5.46 Å². The SMILES string of the molecule is CC1(C)OB(c2cnc(N)c(Cl)c2)OC1(C)C. The minimum absolute atomic E-state index is 0.312. The summed E-state index contributed by atoms with van der Waals surface area (Å²) in [5.41, 5.74) is 5.61. The van der Waals surface area contributed by atoms with Crippen molar-refractivity contribution in [1.29, 1.82) is 0 Å². The maximum atomic E-state index is 5.94. The van der Waals surface area contributed by atoms with Gasteiger partial charge in [0.15, 0.2) is 0 Å². The molecule has 1 aromatic heterocycles. The topological polar surface area (TPSA) is 57.4 Å². The highest BCUT2D eigenvalue weighted by Gasteiger charge is 2.51. The van der Waals surface area contributed by atoms with Gasteiger partial charge in [0.25, 0.3) is 0 Å². The molecule has 1 aliphatic rings. The lowest BCUT2D eigenvalue weighted by Gasteiger charge is -2.32. The van der Waals surface area contributed by atoms with Crippen molar-refractivity contribution in [2.45, 2.75) is 38.9 Å². The van der Waals surface area contributed by atoms with E-state index in [1.54, 1.807) is 12.3 Å². The van der Waals surface area contributed by atoms with Gasteiger partial charge in [-0.05, 0) is 33.8 Å². The Morgan fingerprint density at radius 1 is 1.24 bits per heavy atom. The number of aromatic nitrogens is 1. The predicted octanol–water partition coefficient (Wildman–Crippen LogP) is 1.62. The van der Waals surface area contributed by atoms with E-state index in [0.29, 0.717) is 10.8 Å². The number of rotatable bonds is 1. The van der Waals surface area contributed by atoms with E-state index in [9.17, 15) is 0 Å². The van der Waals surface area contributed by atoms with Gasteiger partial charge in [0.1, 0.15) is 5.82 Å². The second-order valence-corrected chi connectivity index (χ2v) is 5.63. The predicted molar refractivity (Wildman–Crippen MR) is 69.4 cm³/mol. The van der Waals surface area contributed by atoms with Crippen LogP contribution in [0.5, 0.6) is 0 Å². The molecule has 0 spiro atoms. The number of hydrogen-bond donors (Lipinski definition) is 1. The summed E-state index contributed by atoms with van der Waals surface area (Å²) in [5.74, 6) is 0.312. The Morgan fingerprint density at radius 3 is 2.24 bits per heavy atom. The zero-order valence-electron chi connectivity index (χ0n) is 10.5. The third-order valence-electron chi connectivity index (χ3n) is 3.42. The summed E-state index contributed by atoms with van der Waals surface area (Å²) >= 11 is 5.94. The van der Waals surface area contributed by atoms with Crippen LogP contribution in [0.25, 0.3) is 0 Å². The van der Waals surface area contributed by atoms with Crippen LogP contribution in [0.3, 0.4) is 0 Å². The van der Waals surface area contributed by atoms with E-state index >= 15 is 0 Å². The van der Waals surface area contributed by atoms with E-state index in [2.05, 4.69) is 4.98 Å². The van der Waals surface area contributed by atoms with Gasteiger partial charge in [0.2, 0.25) is 0 Å². The molecule has 92 valence electrons. The normalized spacial score (nSPS) is 21.8. The van der Waals surface area contributed by atoms with E-state index in [4.69, 9.17) is 26.6 Å². The van der Waals surface area contributed by atoms with E-state index in [-0.39, 0.29) is 11.2 Å². The van der Waals surface area contributed by atoms with Crippen molar-refractivity contribution in [1.82, 2.24) is 4.98 Å². The molecule has 0 saturated carbocycles. The fraction of sp³-hybridized carbons (Fsp3) is 0.545. The van der Waals surface area contributed by atoms with Gasteiger partial charge in [-0.25, -0.2) is 4.98 Å². The summed E-state index contributed by atoms with van der Waals surface area (Å²) in [6, 6.07) is 1.73. The highest BCUT2D eigenvalue weighted by atomic mass is 35.5. The van der Waals surface area contributed by atoms with Crippen molar-refractivity contribution < 1.29 is 9.31 Å². The van der Waals surface area contributed by atoms with Crippen molar-refractivity contribution in [3.05, 3.63) is 17.3 Å². The Morgan fingerprint density at radius 2 is 1.76 bits per heavy atom. The van der Waals surface area contributed by atoms with Crippen molar-refractivity contribution in [2.24, 2.45) is 0 Å². The monoisotopic (exact) mass is 254 g/mol. The Hall–Kier alpha value is -0.775. The number of hydrogen-bond acceptors (Lipinski definition) is 4. The highest BCUT2D eigenvalue weighted by molar-refractivity contribution is 6.62. The third kappa shape index (κ3) is 2.15. The van der Waals surface area contributed by atoms with Gasteiger partial charge in [-0.3, -0.25) is 0 Å². The van der Waals surface area contributed by atoms with Gasteiger partial charge in [-0.2, -0.15) is 0 Å². The molecule has 1 saturated heterocycles. The molecule has 0 bridgehead atoms. The van der Waals surface area contributed by atoms with Gasteiger partial charge in [-0.15, -0.1) is 0 Å². The highest BCUT2D eigenvalue weighted by Crippen LogP contribution is 2.36. The zero-order chi connectivity index (χ0) is 12.8.